The van der Waals surface area contributed by atoms with Crippen molar-refractivity contribution in [2.75, 3.05) is 27.7 Å². The predicted molar refractivity (Wildman–Crippen MR) is 82.5 cm³/mol. The Bertz CT molecular complexity index is 563. The quantitative estimate of drug-likeness (QED) is 0.797. The maximum atomic E-state index is 11.3. The van der Waals surface area contributed by atoms with E-state index in [0.717, 1.165) is 12.3 Å². The van der Waals surface area contributed by atoms with E-state index in [4.69, 9.17) is 4.42 Å². The Labute approximate surface area is 128 Å². The van der Waals surface area contributed by atoms with Crippen molar-refractivity contribution in [2.24, 2.45) is 0 Å². The van der Waals surface area contributed by atoms with E-state index in [-0.39, 0.29) is 5.76 Å². The van der Waals surface area contributed by atoms with Crippen molar-refractivity contribution in [2.45, 2.75) is 12.6 Å². The topological polar surface area (TPSA) is 54.7 Å². The smallest absolute Gasteiger partial charge is 0.373 e. The molecule has 0 aromatic carbocycles. The Morgan fingerprint density at radius 1 is 1.43 bits per heavy atom. The second-order valence-electron chi connectivity index (χ2n) is 4.88. The summed E-state index contributed by atoms with van der Waals surface area (Å²) in [5.41, 5.74) is 0. The summed E-state index contributed by atoms with van der Waals surface area (Å²) in [5.74, 6) is 0.502. The van der Waals surface area contributed by atoms with E-state index in [1.807, 2.05) is 0 Å². The Kier molecular flexibility index (Phi) is 5.55. The zero-order chi connectivity index (χ0) is 15.2. The molecule has 0 amide bonds. The lowest BCUT2D eigenvalue weighted by molar-refractivity contribution is 0.0563. The van der Waals surface area contributed by atoms with Gasteiger partial charge in [0.1, 0.15) is 5.76 Å². The van der Waals surface area contributed by atoms with E-state index >= 15 is 0 Å². The Morgan fingerprint density at radius 3 is 2.86 bits per heavy atom. The lowest BCUT2D eigenvalue weighted by Crippen LogP contribution is -2.30. The number of rotatable bonds is 7. The highest BCUT2D eigenvalue weighted by Crippen LogP contribution is 2.22. The van der Waals surface area contributed by atoms with E-state index in [1.54, 1.807) is 23.5 Å². The van der Waals surface area contributed by atoms with Gasteiger partial charge in [-0.2, -0.15) is 0 Å². The number of hydrogen-bond acceptors (Lipinski definition) is 6. The third-order valence-corrected chi connectivity index (χ3v) is 4.15. The number of carbonyl (C=O) groups excluding carboxylic acids is 1. The SMILES string of the molecule is COC(=O)c1ccc(CNCC(c2cccs2)N(C)C)o1. The molecule has 0 bridgehead atoms. The molecule has 2 rings (SSSR count). The number of likely N-dealkylation sites (N-methyl/N-ethyl adjacent to an activating group) is 1. The lowest BCUT2D eigenvalue weighted by Gasteiger charge is -2.23. The summed E-state index contributed by atoms with van der Waals surface area (Å²) in [5, 5.41) is 5.45. The van der Waals surface area contributed by atoms with Crippen LogP contribution in [0.2, 0.25) is 0 Å². The molecule has 0 saturated carbocycles. The fourth-order valence-electron chi connectivity index (χ4n) is 2.03. The zero-order valence-corrected chi connectivity index (χ0v) is 13.3. The Balaban J connectivity index is 1.88. The number of hydrogen-bond donors (Lipinski definition) is 1. The average molecular weight is 308 g/mol. The van der Waals surface area contributed by atoms with Crippen LogP contribution in [0, 0.1) is 0 Å². The van der Waals surface area contributed by atoms with Gasteiger partial charge in [-0.15, -0.1) is 11.3 Å². The maximum absolute atomic E-state index is 11.3. The third-order valence-electron chi connectivity index (χ3n) is 3.18. The van der Waals surface area contributed by atoms with E-state index in [2.05, 4.69) is 46.6 Å². The van der Waals surface area contributed by atoms with Crippen LogP contribution in [0.1, 0.15) is 27.2 Å². The lowest BCUT2D eigenvalue weighted by atomic mass is 10.2. The summed E-state index contributed by atoms with van der Waals surface area (Å²) >= 11 is 1.75. The molecule has 5 nitrogen and oxygen atoms in total. The van der Waals surface area contributed by atoms with Crippen LogP contribution < -0.4 is 5.32 Å². The van der Waals surface area contributed by atoms with Gasteiger partial charge in [0.2, 0.25) is 5.76 Å². The van der Waals surface area contributed by atoms with Crippen molar-refractivity contribution in [3.63, 3.8) is 0 Å². The van der Waals surface area contributed by atoms with E-state index in [1.165, 1.54) is 12.0 Å². The van der Waals surface area contributed by atoms with Crippen LogP contribution in [-0.2, 0) is 11.3 Å². The molecule has 21 heavy (non-hydrogen) atoms. The fourth-order valence-corrected chi connectivity index (χ4v) is 2.96. The molecule has 0 aliphatic rings. The minimum Gasteiger partial charge on any atom is -0.463 e. The number of furan rings is 1. The van der Waals surface area contributed by atoms with Crippen LogP contribution in [0.5, 0.6) is 0 Å². The summed E-state index contributed by atoms with van der Waals surface area (Å²) < 4.78 is 10.0. The molecule has 2 aromatic heterocycles. The van der Waals surface area contributed by atoms with Crippen molar-refractivity contribution in [1.29, 1.82) is 0 Å². The third kappa shape index (κ3) is 4.17. The van der Waals surface area contributed by atoms with Gasteiger partial charge < -0.3 is 19.4 Å². The highest BCUT2D eigenvalue weighted by Gasteiger charge is 2.15. The van der Waals surface area contributed by atoms with Gasteiger partial charge in [-0.25, -0.2) is 4.79 Å². The molecule has 1 atom stereocenters. The fraction of sp³-hybridized carbons (Fsp3) is 0.400. The van der Waals surface area contributed by atoms with Gasteiger partial charge in [0.15, 0.2) is 0 Å². The molecule has 1 unspecified atom stereocenters. The van der Waals surface area contributed by atoms with Crippen LogP contribution in [0.3, 0.4) is 0 Å². The minimum absolute atomic E-state index is 0.233. The van der Waals surface area contributed by atoms with Crippen molar-refractivity contribution < 1.29 is 13.9 Å². The molecule has 6 heteroatoms. The van der Waals surface area contributed by atoms with Gasteiger partial charge in [0, 0.05) is 11.4 Å². The first-order valence-electron chi connectivity index (χ1n) is 6.69. The monoisotopic (exact) mass is 308 g/mol. The van der Waals surface area contributed by atoms with E-state index < -0.39 is 5.97 Å². The summed E-state index contributed by atoms with van der Waals surface area (Å²) in [6.07, 6.45) is 0. The number of methoxy groups -OCH3 is 1. The molecule has 0 aliphatic heterocycles. The zero-order valence-electron chi connectivity index (χ0n) is 12.5. The molecule has 114 valence electrons. The average Bonchev–Trinajstić information content (AvgIpc) is 3.13. The first-order valence-corrected chi connectivity index (χ1v) is 7.57. The normalized spacial score (nSPS) is 12.6. The summed E-state index contributed by atoms with van der Waals surface area (Å²) in [7, 11) is 5.47. The number of ether oxygens (including phenoxy) is 1. The first kappa shape index (κ1) is 15.8. The number of carbonyl (C=O) groups is 1. The number of thiophene rings is 1. The molecule has 0 fully saturated rings. The molecular formula is C15H20N2O3S. The number of nitrogens with one attached hydrogen (secondary N) is 1. The number of nitrogens with zero attached hydrogens (tertiary/aromatic N) is 1. The van der Waals surface area contributed by atoms with Crippen molar-refractivity contribution in [1.82, 2.24) is 10.2 Å². The minimum atomic E-state index is -0.453. The molecule has 0 saturated heterocycles. The predicted octanol–water partition coefficient (Wildman–Crippen LogP) is 2.52. The molecule has 0 spiro atoms. The van der Waals surface area contributed by atoms with Gasteiger partial charge in [-0.05, 0) is 37.7 Å². The van der Waals surface area contributed by atoms with Crippen LogP contribution >= 0.6 is 11.3 Å². The Morgan fingerprint density at radius 2 is 2.24 bits per heavy atom. The Hall–Kier alpha value is -1.63. The van der Waals surface area contributed by atoms with Crippen LogP contribution in [0.4, 0.5) is 0 Å². The number of esters is 1. The summed E-state index contributed by atoms with van der Waals surface area (Å²) in [6, 6.07) is 7.94. The van der Waals surface area contributed by atoms with Gasteiger partial charge in [-0.1, -0.05) is 6.07 Å². The van der Waals surface area contributed by atoms with Crippen LogP contribution in [0.25, 0.3) is 0 Å². The molecule has 0 radical (unpaired) electrons. The second-order valence-corrected chi connectivity index (χ2v) is 5.86. The van der Waals surface area contributed by atoms with Gasteiger partial charge >= 0.3 is 5.97 Å². The molecule has 2 aromatic rings. The van der Waals surface area contributed by atoms with Gasteiger partial charge in [-0.3, -0.25) is 0 Å². The highest BCUT2D eigenvalue weighted by atomic mass is 32.1. The van der Waals surface area contributed by atoms with Crippen LogP contribution in [-0.4, -0.2) is 38.6 Å². The summed E-state index contributed by atoms with van der Waals surface area (Å²) in [4.78, 5) is 14.8. The standard InChI is InChI=1S/C15H20N2O3S/c1-17(2)12(14-5-4-8-21-14)10-16-9-11-6-7-13(20-11)15(18)19-3/h4-8,12,16H,9-10H2,1-3H3. The van der Waals surface area contributed by atoms with E-state index in [0.29, 0.717) is 12.6 Å². The molecular weight excluding hydrogens is 288 g/mol. The largest absolute Gasteiger partial charge is 0.463 e. The molecule has 1 N–H and O–H groups in total. The highest BCUT2D eigenvalue weighted by molar-refractivity contribution is 7.10. The van der Waals surface area contributed by atoms with E-state index in [9.17, 15) is 4.79 Å². The van der Waals surface area contributed by atoms with Crippen LogP contribution in [0.15, 0.2) is 34.1 Å². The first-order chi connectivity index (χ1) is 10.1. The molecule has 2 heterocycles. The van der Waals surface area contributed by atoms with Gasteiger partial charge in [0.25, 0.3) is 0 Å². The van der Waals surface area contributed by atoms with Gasteiger partial charge in [0.05, 0.1) is 19.7 Å². The second kappa shape index (κ2) is 7.40. The van der Waals surface area contributed by atoms with Crippen molar-refractivity contribution >= 4 is 17.3 Å². The maximum Gasteiger partial charge on any atom is 0.373 e. The van der Waals surface area contributed by atoms with Crippen molar-refractivity contribution in [3.8, 4) is 0 Å². The summed E-state index contributed by atoms with van der Waals surface area (Å²) in [6.45, 7) is 1.38. The molecule has 0 aliphatic carbocycles. The van der Waals surface area contributed by atoms with Crippen molar-refractivity contribution in [3.05, 3.63) is 46.0 Å².